The van der Waals surface area contributed by atoms with Crippen LogP contribution in [0.1, 0.15) is 38.1 Å². The largest absolute Gasteiger partial charge is 0.381 e. The number of aromatic nitrogens is 2. The molecule has 27 heavy (non-hydrogen) atoms. The number of carbonyl (C=O) groups excluding carboxylic acids is 1. The molecule has 0 atom stereocenters. The third-order valence-corrected chi connectivity index (χ3v) is 6.72. The zero-order valence-electron chi connectivity index (χ0n) is 16.2. The molecular formula is C17H29N5O4S. The zero-order chi connectivity index (χ0) is 19.6. The molecule has 10 heteroatoms. The van der Waals surface area contributed by atoms with E-state index in [4.69, 9.17) is 4.74 Å². The van der Waals surface area contributed by atoms with Crippen LogP contribution in [0.15, 0.2) is 6.07 Å². The number of amides is 1. The Morgan fingerprint density at radius 3 is 2.63 bits per heavy atom. The third kappa shape index (κ3) is 4.68. The van der Waals surface area contributed by atoms with Crippen LogP contribution in [0.25, 0.3) is 0 Å². The maximum atomic E-state index is 12.5. The number of hydrogen-bond acceptors (Lipinski definition) is 5. The van der Waals surface area contributed by atoms with Crippen molar-refractivity contribution in [1.82, 2.24) is 23.7 Å². The Morgan fingerprint density at radius 2 is 2.00 bits per heavy atom. The molecule has 3 heterocycles. The summed E-state index contributed by atoms with van der Waals surface area (Å²) in [5.74, 6) is 0.0946. The molecule has 9 nitrogen and oxygen atoms in total. The third-order valence-electron chi connectivity index (χ3n) is 5.16. The van der Waals surface area contributed by atoms with E-state index in [-0.39, 0.29) is 24.5 Å². The minimum atomic E-state index is -3.54. The first-order valence-electron chi connectivity index (χ1n) is 9.42. The Labute approximate surface area is 160 Å². The maximum Gasteiger partial charge on any atom is 0.279 e. The lowest BCUT2D eigenvalue weighted by atomic mass is 10.1. The van der Waals surface area contributed by atoms with Crippen LogP contribution in [0.5, 0.6) is 0 Å². The molecule has 1 aromatic rings. The van der Waals surface area contributed by atoms with Gasteiger partial charge in [-0.3, -0.25) is 9.48 Å². The summed E-state index contributed by atoms with van der Waals surface area (Å²) < 4.78 is 36.2. The first-order chi connectivity index (χ1) is 12.8. The van der Waals surface area contributed by atoms with Gasteiger partial charge in [0.05, 0.1) is 37.1 Å². The number of nitrogens with one attached hydrogen (secondary N) is 1. The average molecular weight is 400 g/mol. The monoisotopic (exact) mass is 399 g/mol. The lowest BCUT2D eigenvalue weighted by Gasteiger charge is -2.30. The first kappa shape index (κ1) is 20.2. The Kier molecular flexibility index (Phi) is 6.19. The summed E-state index contributed by atoms with van der Waals surface area (Å²) in [6.07, 6.45) is 1.54. The van der Waals surface area contributed by atoms with Gasteiger partial charge in [-0.2, -0.15) is 22.5 Å². The van der Waals surface area contributed by atoms with E-state index in [0.717, 1.165) is 5.69 Å². The summed E-state index contributed by atoms with van der Waals surface area (Å²) in [5, 5.41) is 4.48. The van der Waals surface area contributed by atoms with Crippen molar-refractivity contribution in [2.24, 2.45) is 5.92 Å². The van der Waals surface area contributed by atoms with Gasteiger partial charge in [-0.1, -0.05) is 13.8 Å². The molecular weight excluding hydrogens is 370 g/mol. The number of piperidine rings is 1. The van der Waals surface area contributed by atoms with Crippen LogP contribution >= 0.6 is 0 Å². The van der Waals surface area contributed by atoms with Gasteiger partial charge in [-0.25, -0.2) is 0 Å². The highest BCUT2D eigenvalue weighted by atomic mass is 32.2. The van der Waals surface area contributed by atoms with E-state index < -0.39 is 10.2 Å². The van der Waals surface area contributed by atoms with E-state index in [1.165, 1.54) is 4.31 Å². The summed E-state index contributed by atoms with van der Waals surface area (Å²) >= 11 is 0. The number of hydrogen-bond donors (Lipinski definition) is 1. The normalized spacial score (nSPS) is 19.5. The molecule has 3 rings (SSSR count). The van der Waals surface area contributed by atoms with Crippen molar-refractivity contribution in [2.45, 2.75) is 52.4 Å². The van der Waals surface area contributed by atoms with Crippen LogP contribution in [0.2, 0.25) is 0 Å². The van der Waals surface area contributed by atoms with Gasteiger partial charge in [0.1, 0.15) is 0 Å². The maximum absolute atomic E-state index is 12.5. The van der Waals surface area contributed by atoms with Crippen molar-refractivity contribution in [3.8, 4) is 0 Å². The van der Waals surface area contributed by atoms with Crippen LogP contribution < -0.4 is 4.72 Å². The molecule has 0 aliphatic carbocycles. The predicted molar refractivity (Wildman–Crippen MR) is 99.8 cm³/mol. The summed E-state index contributed by atoms with van der Waals surface area (Å²) in [6, 6.07) is 1.87. The second-order valence-corrected chi connectivity index (χ2v) is 9.18. The van der Waals surface area contributed by atoms with E-state index in [1.807, 2.05) is 29.5 Å². The minimum Gasteiger partial charge on any atom is -0.381 e. The van der Waals surface area contributed by atoms with Crippen molar-refractivity contribution < 1.29 is 17.9 Å². The molecule has 1 N–H and O–H groups in total. The van der Waals surface area contributed by atoms with Crippen LogP contribution in [-0.4, -0.2) is 66.2 Å². The summed E-state index contributed by atoms with van der Waals surface area (Å²) in [6.45, 7) is 6.62. The fraction of sp³-hybridized carbons (Fsp3) is 0.765. The van der Waals surface area contributed by atoms with Crippen LogP contribution in [0.3, 0.4) is 0 Å². The molecule has 152 valence electrons. The Balaban J connectivity index is 1.58. The van der Waals surface area contributed by atoms with Gasteiger partial charge in [-0.15, -0.1) is 0 Å². The van der Waals surface area contributed by atoms with Gasteiger partial charge in [0, 0.05) is 32.7 Å². The highest BCUT2D eigenvalue weighted by molar-refractivity contribution is 7.87. The van der Waals surface area contributed by atoms with Crippen LogP contribution in [0, 0.1) is 5.92 Å². The summed E-state index contributed by atoms with van der Waals surface area (Å²) in [5.41, 5.74) is 1.60. The molecule has 0 aromatic carbocycles. The van der Waals surface area contributed by atoms with Gasteiger partial charge in [0.15, 0.2) is 0 Å². The molecule has 2 aliphatic rings. The summed E-state index contributed by atoms with van der Waals surface area (Å²) in [7, 11) is -1.88. The fourth-order valence-corrected chi connectivity index (χ4v) is 4.73. The van der Waals surface area contributed by atoms with Gasteiger partial charge in [0.2, 0.25) is 5.91 Å². The van der Waals surface area contributed by atoms with E-state index in [2.05, 4.69) is 9.82 Å². The average Bonchev–Trinajstić information content (AvgIpc) is 3.08. The van der Waals surface area contributed by atoms with Gasteiger partial charge in [-0.05, 0) is 18.9 Å². The quantitative estimate of drug-likeness (QED) is 0.743. The molecule has 0 bridgehead atoms. The lowest BCUT2D eigenvalue weighted by Crippen LogP contribution is -2.46. The van der Waals surface area contributed by atoms with Crippen molar-refractivity contribution in [3.63, 3.8) is 0 Å². The fourth-order valence-electron chi connectivity index (χ4n) is 3.53. The molecule has 0 unspecified atom stereocenters. The molecule has 0 spiro atoms. The number of nitrogens with zero attached hydrogens (tertiary/aromatic N) is 4. The highest BCUT2D eigenvalue weighted by Gasteiger charge is 2.28. The van der Waals surface area contributed by atoms with Gasteiger partial charge in [0.25, 0.3) is 10.2 Å². The highest BCUT2D eigenvalue weighted by Crippen LogP contribution is 2.18. The van der Waals surface area contributed by atoms with E-state index in [1.54, 1.807) is 7.11 Å². The molecule has 1 saturated heterocycles. The number of ether oxygens (including phenoxy) is 1. The number of rotatable bonds is 6. The minimum absolute atomic E-state index is 0.0343. The smallest absolute Gasteiger partial charge is 0.279 e. The second-order valence-electron chi connectivity index (χ2n) is 7.42. The first-order valence-corrected chi connectivity index (χ1v) is 10.9. The van der Waals surface area contributed by atoms with Crippen molar-refractivity contribution >= 4 is 16.1 Å². The molecule has 1 aromatic heterocycles. The second kappa shape index (κ2) is 8.26. The van der Waals surface area contributed by atoms with E-state index >= 15 is 0 Å². The predicted octanol–water partition coefficient (Wildman–Crippen LogP) is 0.327. The molecule has 1 fully saturated rings. The Morgan fingerprint density at radius 1 is 1.30 bits per heavy atom. The molecule has 2 aliphatic heterocycles. The Bertz CT molecular complexity index is 768. The SMILES string of the molecule is COC1CCN(S(=O)(=O)NCc2cc3n(n2)CCN(C(=O)C(C)C)C3)CC1. The van der Waals surface area contributed by atoms with Crippen LogP contribution in [-0.2, 0) is 39.4 Å². The van der Waals surface area contributed by atoms with Gasteiger partial charge < -0.3 is 9.64 Å². The number of methoxy groups -OCH3 is 1. The van der Waals surface area contributed by atoms with E-state index in [9.17, 15) is 13.2 Å². The number of carbonyl (C=O) groups is 1. The molecule has 1 amide bonds. The number of fused-ring (bicyclic) bond motifs is 1. The zero-order valence-corrected chi connectivity index (χ0v) is 17.0. The van der Waals surface area contributed by atoms with E-state index in [0.29, 0.717) is 51.3 Å². The summed E-state index contributed by atoms with van der Waals surface area (Å²) in [4.78, 5) is 14.0. The standard InChI is InChI=1S/C17H29N5O4S/c1-13(2)17(23)20-8-9-22-15(12-20)10-14(19-22)11-18-27(24,25)21-6-4-16(26-3)5-7-21/h10,13,16,18H,4-9,11-12H2,1-3H3. The van der Waals surface area contributed by atoms with Crippen LogP contribution in [0.4, 0.5) is 0 Å². The lowest BCUT2D eigenvalue weighted by molar-refractivity contribution is -0.136. The van der Waals surface area contributed by atoms with Gasteiger partial charge >= 0.3 is 0 Å². The Hall–Kier alpha value is -1.49. The molecule has 0 saturated carbocycles. The molecule has 0 radical (unpaired) electrons. The van der Waals surface area contributed by atoms with Crippen molar-refractivity contribution in [1.29, 1.82) is 0 Å². The van der Waals surface area contributed by atoms with Crippen molar-refractivity contribution in [2.75, 3.05) is 26.7 Å². The van der Waals surface area contributed by atoms with Crippen molar-refractivity contribution in [3.05, 3.63) is 17.5 Å². The topological polar surface area (TPSA) is 96.8 Å².